The summed E-state index contributed by atoms with van der Waals surface area (Å²) in [5.74, 6) is -1.79. The first-order chi connectivity index (χ1) is 14.7. The quantitative estimate of drug-likeness (QED) is 0.682. The Morgan fingerprint density at radius 2 is 2.13 bits per heavy atom. The summed E-state index contributed by atoms with van der Waals surface area (Å²) in [6.45, 7) is -0.125. The van der Waals surface area contributed by atoms with Crippen molar-refractivity contribution in [1.29, 1.82) is 5.26 Å². The number of terminal acetylenes is 1. The molecule has 4 rings (SSSR count). The van der Waals surface area contributed by atoms with Gasteiger partial charge in [-0.2, -0.15) is 19.1 Å². The lowest BCUT2D eigenvalue weighted by Crippen LogP contribution is -2.39. The van der Waals surface area contributed by atoms with Crippen LogP contribution in [0.1, 0.15) is 35.4 Å². The number of amides is 2. The maximum absolute atomic E-state index is 14.9. The van der Waals surface area contributed by atoms with Gasteiger partial charge >= 0.3 is 6.03 Å². The number of aromatic nitrogens is 2. The Morgan fingerprint density at radius 3 is 2.84 bits per heavy atom. The van der Waals surface area contributed by atoms with Gasteiger partial charge in [0.05, 0.1) is 24.3 Å². The number of aliphatic hydroxyl groups is 1. The molecule has 1 atom stereocenters. The van der Waals surface area contributed by atoms with Crippen LogP contribution in [-0.2, 0) is 25.4 Å². The van der Waals surface area contributed by atoms with Crippen molar-refractivity contribution in [2.45, 2.75) is 43.9 Å². The van der Waals surface area contributed by atoms with Crippen molar-refractivity contribution in [3.05, 3.63) is 46.5 Å². The van der Waals surface area contributed by atoms with Crippen LogP contribution in [0, 0.1) is 29.5 Å². The highest BCUT2D eigenvalue weighted by molar-refractivity contribution is 5.89. The number of nitrogens with one attached hydrogen (secondary N) is 1. The lowest BCUT2D eigenvalue weighted by molar-refractivity contribution is -0.0300. The summed E-state index contributed by atoms with van der Waals surface area (Å²) in [6, 6.07) is 4.69. The third kappa shape index (κ3) is 3.71. The summed E-state index contributed by atoms with van der Waals surface area (Å²) < 4.78 is 44.4. The van der Waals surface area contributed by atoms with Gasteiger partial charge in [-0.05, 0) is 24.6 Å². The van der Waals surface area contributed by atoms with Crippen LogP contribution in [0.15, 0.2) is 18.2 Å². The number of halogens is 3. The number of nitriles is 1. The molecular formula is C21H18F3N5O2. The van der Waals surface area contributed by atoms with Gasteiger partial charge in [0.25, 0.3) is 5.92 Å². The van der Waals surface area contributed by atoms with Gasteiger partial charge in [-0.1, -0.05) is 5.92 Å². The average molecular weight is 429 g/mol. The van der Waals surface area contributed by atoms with Crippen LogP contribution in [0.5, 0.6) is 0 Å². The SMILES string of the molecule is C#CC1(O)CCC(F)(F)c2c3c(nn2C1)CCN(C(=O)Nc1ccc(F)c(C#N)c1)C3. The van der Waals surface area contributed by atoms with Crippen molar-refractivity contribution < 1.29 is 23.1 Å². The van der Waals surface area contributed by atoms with Crippen molar-refractivity contribution in [1.82, 2.24) is 14.7 Å². The number of urea groups is 1. The third-order valence-electron chi connectivity index (χ3n) is 5.61. The summed E-state index contributed by atoms with van der Waals surface area (Å²) in [4.78, 5) is 14.0. The number of carbonyl (C=O) groups is 1. The summed E-state index contributed by atoms with van der Waals surface area (Å²) in [7, 11) is 0. The molecule has 0 bridgehead atoms. The maximum atomic E-state index is 14.9. The Balaban J connectivity index is 1.60. The minimum atomic E-state index is -3.26. The van der Waals surface area contributed by atoms with Crippen molar-refractivity contribution in [2.75, 3.05) is 11.9 Å². The van der Waals surface area contributed by atoms with E-state index in [0.717, 1.165) is 10.7 Å². The molecule has 2 amide bonds. The van der Waals surface area contributed by atoms with Gasteiger partial charge in [-0.25, -0.2) is 9.18 Å². The van der Waals surface area contributed by atoms with E-state index in [9.17, 15) is 23.1 Å². The smallest absolute Gasteiger partial charge is 0.322 e. The van der Waals surface area contributed by atoms with Crippen molar-refractivity contribution >= 4 is 11.7 Å². The Hall–Kier alpha value is -3.50. The van der Waals surface area contributed by atoms with Crippen LogP contribution in [0.4, 0.5) is 23.7 Å². The predicted molar refractivity (Wildman–Crippen MR) is 103 cm³/mol. The Morgan fingerprint density at radius 1 is 1.35 bits per heavy atom. The number of hydrogen-bond acceptors (Lipinski definition) is 4. The second-order valence-corrected chi connectivity index (χ2v) is 7.72. The molecule has 0 radical (unpaired) electrons. The van der Waals surface area contributed by atoms with E-state index in [1.165, 1.54) is 17.0 Å². The van der Waals surface area contributed by atoms with Crippen molar-refractivity contribution in [3.8, 4) is 18.4 Å². The fraction of sp³-hybridized carbons (Fsp3) is 0.381. The molecule has 3 heterocycles. The van der Waals surface area contributed by atoms with E-state index >= 15 is 0 Å². The highest BCUT2D eigenvalue weighted by Crippen LogP contribution is 2.42. The molecule has 0 saturated heterocycles. The fourth-order valence-corrected chi connectivity index (χ4v) is 3.94. The van der Waals surface area contributed by atoms with Crippen molar-refractivity contribution in [3.63, 3.8) is 0 Å². The summed E-state index contributed by atoms with van der Waals surface area (Å²) >= 11 is 0. The Bertz CT molecular complexity index is 1150. The number of rotatable bonds is 1. The Labute approximate surface area is 176 Å². The monoisotopic (exact) mass is 429 g/mol. The number of benzene rings is 1. The van der Waals surface area contributed by atoms with Crippen LogP contribution in [0.2, 0.25) is 0 Å². The topological polar surface area (TPSA) is 94.2 Å². The first kappa shape index (κ1) is 20.8. The lowest BCUT2D eigenvalue weighted by atomic mass is 9.96. The second kappa shape index (κ2) is 7.33. The molecule has 0 saturated carbocycles. The lowest BCUT2D eigenvalue weighted by Gasteiger charge is -2.28. The van der Waals surface area contributed by atoms with E-state index in [4.69, 9.17) is 11.7 Å². The van der Waals surface area contributed by atoms with Gasteiger partial charge in [-0.15, -0.1) is 6.42 Å². The molecule has 0 spiro atoms. The van der Waals surface area contributed by atoms with E-state index in [1.54, 1.807) is 6.07 Å². The fourth-order valence-electron chi connectivity index (χ4n) is 3.94. The van der Waals surface area contributed by atoms with Crippen LogP contribution in [0.3, 0.4) is 0 Å². The van der Waals surface area contributed by atoms with Crippen LogP contribution in [-0.4, -0.2) is 38.0 Å². The first-order valence-electron chi connectivity index (χ1n) is 9.58. The van der Waals surface area contributed by atoms with Gasteiger partial charge in [0.15, 0.2) is 0 Å². The van der Waals surface area contributed by atoms with Gasteiger partial charge in [0.2, 0.25) is 0 Å². The molecule has 0 fully saturated rings. The zero-order valence-corrected chi connectivity index (χ0v) is 16.3. The van der Waals surface area contributed by atoms with Crippen LogP contribution in [0.25, 0.3) is 0 Å². The summed E-state index contributed by atoms with van der Waals surface area (Å²) in [5, 5.41) is 26.1. The van der Waals surface area contributed by atoms with E-state index < -0.39 is 29.8 Å². The third-order valence-corrected chi connectivity index (χ3v) is 5.61. The molecule has 2 aliphatic rings. The Kier molecular flexibility index (Phi) is 4.91. The van der Waals surface area contributed by atoms with Gasteiger partial charge < -0.3 is 15.3 Å². The molecule has 2 aromatic rings. The van der Waals surface area contributed by atoms with Gasteiger partial charge in [0, 0.05) is 30.6 Å². The molecule has 2 aliphatic heterocycles. The molecule has 1 aromatic carbocycles. The molecule has 10 heteroatoms. The normalized spacial score (nSPS) is 21.8. The molecular weight excluding hydrogens is 411 g/mol. The molecule has 160 valence electrons. The number of fused-ring (bicyclic) bond motifs is 3. The van der Waals surface area contributed by atoms with Gasteiger partial charge in [-0.3, -0.25) is 4.68 Å². The van der Waals surface area contributed by atoms with Crippen LogP contribution >= 0.6 is 0 Å². The molecule has 2 N–H and O–H groups in total. The predicted octanol–water partition coefficient (Wildman–Crippen LogP) is 2.73. The largest absolute Gasteiger partial charge is 0.376 e. The van der Waals surface area contributed by atoms with E-state index in [0.29, 0.717) is 5.69 Å². The number of hydrogen-bond donors (Lipinski definition) is 2. The zero-order chi connectivity index (χ0) is 22.4. The van der Waals surface area contributed by atoms with E-state index in [-0.39, 0.29) is 55.0 Å². The molecule has 31 heavy (non-hydrogen) atoms. The first-order valence-corrected chi connectivity index (χ1v) is 9.58. The summed E-state index contributed by atoms with van der Waals surface area (Å²) in [6.07, 6.45) is 4.69. The van der Waals surface area contributed by atoms with Crippen LogP contribution < -0.4 is 5.32 Å². The number of carbonyl (C=O) groups excluding carboxylic acids is 1. The minimum absolute atomic E-state index is 0.104. The molecule has 1 unspecified atom stereocenters. The van der Waals surface area contributed by atoms with E-state index in [2.05, 4.69) is 16.3 Å². The van der Waals surface area contributed by atoms with Gasteiger partial charge in [0.1, 0.15) is 23.2 Å². The highest BCUT2D eigenvalue weighted by atomic mass is 19.3. The number of nitrogens with zero attached hydrogens (tertiary/aromatic N) is 4. The molecule has 1 aromatic heterocycles. The number of anilines is 1. The standard InChI is InChI=1S/C21H18F3N5O2/c1-2-20(31)6-7-21(23,24)18-15-11-28(8-5-17(15)27-29(18)12-20)19(30)26-14-3-4-16(22)13(9-14)10-25/h1,3-4,9,31H,5-8,11-12H2,(H,26,30). The summed E-state index contributed by atoms with van der Waals surface area (Å²) in [5.41, 5.74) is -1.38. The second-order valence-electron chi connectivity index (χ2n) is 7.72. The average Bonchev–Trinajstić information content (AvgIpc) is 3.06. The highest BCUT2D eigenvalue weighted by Gasteiger charge is 2.46. The minimum Gasteiger partial charge on any atom is -0.376 e. The molecule has 7 nitrogen and oxygen atoms in total. The van der Waals surface area contributed by atoms with E-state index in [1.807, 2.05) is 0 Å². The van der Waals surface area contributed by atoms with Crippen molar-refractivity contribution in [2.24, 2.45) is 0 Å². The zero-order valence-electron chi connectivity index (χ0n) is 16.3. The molecule has 0 aliphatic carbocycles. The maximum Gasteiger partial charge on any atom is 0.322 e. The number of alkyl halides is 2.